The van der Waals surface area contributed by atoms with Crippen molar-refractivity contribution in [2.24, 2.45) is 5.73 Å². The van der Waals surface area contributed by atoms with Crippen molar-refractivity contribution in [3.8, 4) is 0 Å². The van der Waals surface area contributed by atoms with Gasteiger partial charge in [0, 0.05) is 18.1 Å². The average molecular weight is 340 g/mol. The van der Waals surface area contributed by atoms with Crippen molar-refractivity contribution < 1.29 is 8.42 Å². The molecule has 3 N–H and O–H groups in total. The van der Waals surface area contributed by atoms with Gasteiger partial charge < -0.3 is 5.73 Å². The van der Waals surface area contributed by atoms with Crippen molar-refractivity contribution in [2.75, 3.05) is 13.1 Å². The fraction of sp³-hybridized carbons (Fsp3) is 0.250. The van der Waals surface area contributed by atoms with Crippen LogP contribution in [-0.4, -0.2) is 21.5 Å². The summed E-state index contributed by atoms with van der Waals surface area (Å²) >= 11 is 17.2. The highest BCUT2D eigenvalue weighted by molar-refractivity contribution is 7.89. The molecule has 0 aromatic heterocycles. The summed E-state index contributed by atoms with van der Waals surface area (Å²) in [6.07, 6.45) is 0. The molecule has 0 aliphatic carbocycles. The summed E-state index contributed by atoms with van der Waals surface area (Å²) in [4.78, 5) is -0.186. The van der Waals surface area contributed by atoms with Crippen LogP contribution in [0.15, 0.2) is 17.0 Å². The zero-order valence-electron chi connectivity index (χ0n) is 8.41. The van der Waals surface area contributed by atoms with Gasteiger partial charge in [-0.05, 0) is 12.1 Å². The molecule has 0 heterocycles. The lowest BCUT2D eigenvalue weighted by Crippen LogP contribution is -2.29. The van der Waals surface area contributed by atoms with E-state index in [0.29, 0.717) is 0 Å². The maximum absolute atomic E-state index is 11.8. The Hall–Kier alpha value is 0.250. The molecule has 0 bridgehead atoms. The number of nitrogens with two attached hydrogens (primary N) is 1. The number of nitrogens with one attached hydrogen (secondary N) is 1. The van der Waals surface area contributed by atoms with Crippen LogP contribution >= 0.6 is 47.2 Å². The summed E-state index contributed by atoms with van der Waals surface area (Å²) in [6.45, 7) is 0.291. The third-order valence-corrected chi connectivity index (χ3v) is 4.27. The predicted molar refractivity (Wildman–Crippen MR) is 73.0 cm³/mol. The van der Waals surface area contributed by atoms with Gasteiger partial charge in [0.2, 0.25) is 10.0 Å². The first kappa shape index (κ1) is 17.2. The Morgan fingerprint density at radius 2 is 1.65 bits per heavy atom. The van der Waals surface area contributed by atoms with Gasteiger partial charge in [0.15, 0.2) is 0 Å². The molecule has 1 rings (SSSR count). The quantitative estimate of drug-likeness (QED) is 0.884. The molecule has 0 aliphatic rings. The molecule has 98 valence electrons. The molecule has 0 amide bonds. The average Bonchev–Trinajstić information content (AvgIpc) is 2.12. The first-order valence-electron chi connectivity index (χ1n) is 4.23. The van der Waals surface area contributed by atoms with E-state index in [1.54, 1.807) is 0 Å². The molecular formula is C8H10Cl4N2O2S. The lowest BCUT2D eigenvalue weighted by molar-refractivity contribution is 0.582. The van der Waals surface area contributed by atoms with Crippen molar-refractivity contribution in [1.82, 2.24) is 4.72 Å². The van der Waals surface area contributed by atoms with E-state index in [2.05, 4.69) is 4.72 Å². The molecule has 0 aliphatic heterocycles. The molecule has 1 aromatic rings. The fourth-order valence-electron chi connectivity index (χ4n) is 1.05. The van der Waals surface area contributed by atoms with Crippen LogP contribution in [0.2, 0.25) is 15.1 Å². The Kier molecular flexibility index (Phi) is 7.09. The van der Waals surface area contributed by atoms with Crippen LogP contribution in [-0.2, 0) is 10.0 Å². The molecule has 1 aromatic carbocycles. The molecule has 0 fully saturated rings. The van der Waals surface area contributed by atoms with Gasteiger partial charge >= 0.3 is 0 Å². The maximum atomic E-state index is 11.8. The van der Waals surface area contributed by atoms with Gasteiger partial charge in [-0.2, -0.15) is 0 Å². The predicted octanol–water partition coefficient (Wildman–Crippen LogP) is 2.31. The van der Waals surface area contributed by atoms with Crippen LogP contribution < -0.4 is 10.5 Å². The minimum atomic E-state index is -3.75. The molecular weight excluding hydrogens is 330 g/mol. The standard InChI is InChI=1S/C8H9Cl3N2O2S.ClH/c9-5-3-6(10)8(7(11)4-5)16(14,15)13-2-1-12;/h3-4,13H,1-2,12H2;1H. The first-order valence-corrected chi connectivity index (χ1v) is 6.84. The zero-order chi connectivity index (χ0) is 12.3. The van der Waals surface area contributed by atoms with Crippen molar-refractivity contribution in [2.45, 2.75) is 4.90 Å². The Morgan fingerprint density at radius 1 is 1.18 bits per heavy atom. The first-order chi connectivity index (χ1) is 7.38. The maximum Gasteiger partial charge on any atom is 0.243 e. The molecule has 9 heteroatoms. The zero-order valence-corrected chi connectivity index (χ0v) is 12.3. The summed E-state index contributed by atoms with van der Waals surface area (Å²) in [7, 11) is -3.75. The SMILES string of the molecule is Cl.NCCNS(=O)(=O)c1c(Cl)cc(Cl)cc1Cl. The second kappa shape index (κ2) is 6.99. The number of hydrogen-bond donors (Lipinski definition) is 2. The van der Waals surface area contributed by atoms with E-state index in [0.717, 1.165) is 0 Å². The molecule has 0 radical (unpaired) electrons. The fourth-order valence-corrected chi connectivity index (χ4v) is 3.64. The van der Waals surface area contributed by atoms with Gasteiger partial charge in [0.05, 0.1) is 10.0 Å². The lowest BCUT2D eigenvalue weighted by atomic mass is 10.4. The molecule has 0 atom stereocenters. The van der Waals surface area contributed by atoms with Crippen molar-refractivity contribution in [1.29, 1.82) is 0 Å². The summed E-state index contributed by atoms with van der Waals surface area (Å²) in [6, 6.07) is 2.62. The van der Waals surface area contributed by atoms with Crippen LogP contribution in [0.4, 0.5) is 0 Å². The van der Waals surface area contributed by atoms with Crippen LogP contribution in [0.1, 0.15) is 0 Å². The lowest BCUT2D eigenvalue weighted by Gasteiger charge is -2.09. The number of benzene rings is 1. The molecule has 17 heavy (non-hydrogen) atoms. The largest absolute Gasteiger partial charge is 0.329 e. The third kappa shape index (κ3) is 4.44. The van der Waals surface area contributed by atoms with Gasteiger partial charge in [-0.15, -0.1) is 12.4 Å². The Bertz CT molecular complexity index is 469. The third-order valence-electron chi connectivity index (χ3n) is 1.67. The molecule has 0 saturated heterocycles. The van der Waals surface area contributed by atoms with E-state index in [-0.39, 0.29) is 45.5 Å². The van der Waals surface area contributed by atoms with Crippen LogP contribution in [0.25, 0.3) is 0 Å². The molecule has 4 nitrogen and oxygen atoms in total. The Balaban J connectivity index is 0.00000256. The number of rotatable bonds is 4. The second-order valence-electron chi connectivity index (χ2n) is 2.89. The number of sulfonamides is 1. The summed E-state index contributed by atoms with van der Waals surface area (Å²) < 4.78 is 25.8. The minimum Gasteiger partial charge on any atom is -0.329 e. The normalized spacial score (nSPS) is 11.1. The monoisotopic (exact) mass is 338 g/mol. The van der Waals surface area contributed by atoms with Crippen molar-refractivity contribution in [3.05, 3.63) is 27.2 Å². The van der Waals surface area contributed by atoms with E-state index < -0.39 is 10.0 Å². The topological polar surface area (TPSA) is 72.2 Å². The molecule has 0 spiro atoms. The summed E-state index contributed by atoms with van der Waals surface area (Å²) in [5.74, 6) is 0. The van der Waals surface area contributed by atoms with Crippen LogP contribution in [0.3, 0.4) is 0 Å². The highest BCUT2D eigenvalue weighted by Crippen LogP contribution is 2.32. The van der Waals surface area contributed by atoms with E-state index in [1.165, 1.54) is 12.1 Å². The van der Waals surface area contributed by atoms with Gasteiger partial charge in [-0.25, -0.2) is 13.1 Å². The number of halogens is 4. The smallest absolute Gasteiger partial charge is 0.243 e. The molecule has 0 unspecified atom stereocenters. The van der Waals surface area contributed by atoms with E-state index in [4.69, 9.17) is 40.5 Å². The van der Waals surface area contributed by atoms with Crippen molar-refractivity contribution >= 4 is 57.2 Å². The summed E-state index contributed by atoms with van der Waals surface area (Å²) in [5, 5.41) is 0.219. The van der Waals surface area contributed by atoms with E-state index >= 15 is 0 Å². The molecule has 0 saturated carbocycles. The van der Waals surface area contributed by atoms with Crippen LogP contribution in [0.5, 0.6) is 0 Å². The van der Waals surface area contributed by atoms with Crippen molar-refractivity contribution in [3.63, 3.8) is 0 Å². The number of hydrogen-bond acceptors (Lipinski definition) is 3. The van der Waals surface area contributed by atoms with Gasteiger partial charge in [-0.3, -0.25) is 0 Å². The van der Waals surface area contributed by atoms with Gasteiger partial charge in [-0.1, -0.05) is 34.8 Å². The second-order valence-corrected chi connectivity index (χ2v) is 5.84. The minimum absolute atomic E-state index is 0. The van der Waals surface area contributed by atoms with E-state index in [9.17, 15) is 8.42 Å². The van der Waals surface area contributed by atoms with Crippen LogP contribution in [0, 0.1) is 0 Å². The summed E-state index contributed by atoms with van der Waals surface area (Å²) in [5.41, 5.74) is 5.20. The van der Waals surface area contributed by atoms with Gasteiger partial charge in [0.1, 0.15) is 4.90 Å². The Labute approximate surface area is 121 Å². The van der Waals surface area contributed by atoms with E-state index in [1.807, 2.05) is 0 Å². The Morgan fingerprint density at radius 3 is 2.06 bits per heavy atom. The highest BCUT2D eigenvalue weighted by atomic mass is 35.5. The van der Waals surface area contributed by atoms with Gasteiger partial charge in [0.25, 0.3) is 0 Å². The highest BCUT2D eigenvalue weighted by Gasteiger charge is 2.21.